The van der Waals surface area contributed by atoms with Crippen molar-refractivity contribution < 1.29 is 14.4 Å². The van der Waals surface area contributed by atoms with E-state index >= 15 is 0 Å². The topological polar surface area (TPSA) is 47.9 Å². The van der Waals surface area contributed by atoms with E-state index in [1.165, 1.54) is 14.2 Å². The van der Waals surface area contributed by atoms with Crippen LogP contribution in [0.1, 0.15) is 0 Å². The molecule has 0 N–H and O–H groups in total. The fourth-order valence-corrected chi connectivity index (χ4v) is 0.619. The third kappa shape index (κ3) is 3.28. The average Bonchev–Trinajstić information content (AvgIpc) is 1.87. The molecule has 0 unspecified atom stereocenters. The number of hydrogen-bond acceptors (Lipinski definition) is 4. The average molecular weight is 243 g/mol. The molecule has 0 fully saturated rings. The maximum atomic E-state index is 10.5. The maximum Gasteiger partial charge on any atom is 0.366 e. The van der Waals surface area contributed by atoms with Gasteiger partial charge in [-0.2, -0.15) is 0 Å². The highest BCUT2D eigenvalue weighted by atomic mass is 127. The summed E-state index contributed by atoms with van der Waals surface area (Å²) >= 11 is 1.72. The summed E-state index contributed by atoms with van der Waals surface area (Å²) in [7, 11) is 2.65. The lowest BCUT2D eigenvalue weighted by atomic mass is 10.8. The summed E-state index contributed by atoms with van der Waals surface area (Å²) in [6, 6.07) is 0. The SMILES string of the molecule is CO/N=C(\I)C(=O)OC. The highest BCUT2D eigenvalue weighted by Gasteiger charge is 2.06. The second-order valence-corrected chi connectivity index (χ2v) is 2.08. The molecule has 0 aliphatic rings. The lowest BCUT2D eigenvalue weighted by Gasteiger charge is -1.92. The fraction of sp³-hybridized carbons (Fsp3) is 0.500. The molecule has 0 bridgehead atoms. The van der Waals surface area contributed by atoms with Crippen LogP contribution in [-0.2, 0) is 14.4 Å². The Bertz CT molecular complexity index is 134. The Balaban J connectivity index is 3.86. The summed E-state index contributed by atoms with van der Waals surface area (Å²) in [5.74, 6) is -0.488. The summed E-state index contributed by atoms with van der Waals surface area (Å²) in [5, 5.41) is 3.32. The van der Waals surface area contributed by atoms with Gasteiger partial charge in [0, 0.05) is 0 Å². The Morgan fingerprint density at radius 2 is 2.11 bits per heavy atom. The van der Waals surface area contributed by atoms with Crippen molar-refractivity contribution in [2.45, 2.75) is 0 Å². The van der Waals surface area contributed by atoms with Crippen molar-refractivity contribution in [3.8, 4) is 0 Å². The molecule has 0 amide bonds. The lowest BCUT2D eigenvalue weighted by Crippen LogP contribution is -2.08. The van der Waals surface area contributed by atoms with Gasteiger partial charge in [-0.05, 0) is 22.6 Å². The largest absolute Gasteiger partial charge is 0.464 e. The molecule has 0 rings (SSSR count). The van der Waals surface area contributed by atoms with Crippen LogP contribution in [0.5, 0.6) is 0 Å². The number of carbonyl (C=O) groups is 1. The van der Waals surface area contributed by atoms with Gasteiger partial charge in [-0.1, -0.05) is 5.16 Å². The van der Waals surface area contributed by atoms with E-state index in [-0.39, 0.29) is 3.72 Å². The minimum absolute atomic E-state index is 0.178. The van der Waals surface area contributed by atoms with E-state index in [1.807, 2.05) is 0 Å². The summed E-state index contributed by atoms with van der Waals surface area (Å²) in [4.78, 5) is 14.8. The zero-order chi connectivity index (χ0) is 7.28. The fourth-order valence-electron chi connectivity index (χ4n) is 0.202. The van der Waals surface area contributed by atoms with Crippen molar-refractivity contribution >= 4 is 32.3 Å². The van der Waals surface area contributed by atoms with Crippen LogP contribution in [0.4, 0.5) is 0 Å². The first-order valence-corrected chi connectivity index (χ1v) is 3.15. The van der Waals surface area contributed by atoms with Crippen LogP contribution in [0.25, 0.3) is 0 Å². The van der Waals surface area contributed by atoms with Gasteiger partial charge in [-0.25, -0.2) is 4.79 Å². The van der Waals surface area contributed by atoms with Gasteiger partial charge in [0.2, 0.25) is 3.72 Å². The Kier molecular flexibility index (Phi) is 4.37. The Labute approximate surface area is 66.3 Å². The standard InChI is InChI=1S/C4H6INO3/c1-8-4(7)3(5)6-9-2/h1-2H3/b6-3-. The molecule has 5 heteroatoms. The molecule has 0 heterocycles. The third-order valence-electron chi connectivity index (χ3n) is 0.525. The molecule has 0 aromatic rings. The molecular formula is C4H6INO3. The van der Waals surface area contributed by atoms with Gasteiger partial charge in [-0.3, -0.25) is 0 Å². The minimum atomic E-state index is -0.488. The second kappa shape index (κ2) is 4.54. The van der Waals surface area contributed by atoms with E-state index in [1.54, 1.807) is 22.6 Å². The number of oxime groups is 1. The van der Waals surface area contributed by atoms with Gasteiger partial charge in [0.05, 0.1) is 7.11 Å². The zero-order valence-corrected chi connectivity index (χ0v) is 7.21. The molecule has 0 aliphatic carbocycles. The van der Waals surface area contributed by atoms with E-state index in [0.29, 0.717) is 0 Å². The molecule has 0 saturated heterocycles. The van der Waals surface area contributed by atoms with Crippen molar-refractivity contribution in [1.29, 1.82) is 0 Å². The highest BCUT2D eigenvalue weighted by Crippen LogP contribution is 1.93. The summed E-state index contributed by atoms with van der Waals surface area (Å²) < 4.78 is 4.49. The van der Waals surface area contributed by atoms with Crippen molar-refractivity contribution in [3.63, 3.8) is 0 Å². The smallest absolute Gasteiger partial charge is 0.366 e. The monoisotopic (exact) mass is 243 g/mol. The van der Waals surface area contributed by atoms with Crippen LogP contribution in [0.2, 0.25) is 0 Å². The number of esters is 1. The van der Waals surface area contributed by atoms with Gasteiger partial charge in [0.15, 0.2) is 0 Å². The number of halogens is 1. The van der Waals surface area contributed by atoms with Crippen molar-refractivity contribution in [2.24, 2.45) is 5.16 Å². The molecule has 9 heavy (non-hydrogen) atoms. The molecule has 0 aromatic heterocycles. The number of methoxy groups -OCH3 is 1. The van der Waals surface area contributed by atoms with Gasteiger partial charge >= 0.3 is 5.97 Å². The summed E-state index contributed by atoms with van der Waals surface area (Å²) in [6.07, 6.45) is 0. The summed E-state index contributed by atoms with van der Waals surface area (Å²) in [5.41, 5.74) is 0. The molecule has 0 aromatic carbocycles. The van der Waals surface area contributed by atoms with Gasteiger partial charge < -0.3 is 9.57 Å². The van der Waals surface area contributed by atoms with Crippen LogP contribution in [0, 0.1) is 0 Å². The van der Waals surface area contributed by atoms with Crippen molar-refractivity contribution in [2.75, 3.05) is 14.2 Å². The maximum absolute atomic E-state index is 10.5. The van der Waals surface area contributed by atoms with Gasteiger partial charge in [-0.15, -0.1) is 0 Å². The predicted molar refractivity (Wildman–Crippen MR) is 40.5 cm³/mol. The van der Waals surface area contributed by atoms with E-state index < -0.39 is 5.97 Å². The van der Waals surface area contributed by atoms with E-state index in [2.05, 4.69) is 14.7 Å². The van der Waals surface area contributed by atoms with E-state index in [9.17, 15) is 4.79 Å². The number of ether oxygens (including phenoxy) is 1. The van der Waals surface area contributed by atoms with E-state index in [4.69, 9.17) is 0 Å². The number of carbonyl (C=O) groups excluding carboxylic acids is 1. The quantitative estimate of drug-likeness (QED) is 0.308. The second-order valence-electron chi connectivity index (χ2n) is 1.06. The van der Waals surface area contributed by atoms with E-state index in [0.717, 1.165) is 0 Å². The predicted octanol–water partition coefficient (Wildman–Crippen LogP) is 0.554. The van der Waals surface area contributed by atoms with Crippen molar-refractivity contribution in [3.05, 3.63) is 0 Å². The van der Waals surface area contributed by atoms with Crippen molar-refractivity contribution in [1.82, 2.24) is 0 Å². The van der Waals surface area contributed by atoms with Gasteiger partial charge in [0.1, 0.15) is 7.11 Å². The molecule has 52 valence electrons. The number of nitrogens with zero attached hydrogens (tertiary/aromatic N) is 1. The minimum Gasteiger partial charge on any atom is -0.464 e. The first kappa shape index (κ1) is 8.67. The zero-order valence-electron chi connectivity index (χ0n) is 5.05. The molecule has 0 spiro atoms. The molecule has 0 atom stereocenters. The van der Waals surface area contributed by atoms with Crippen LogP contribution >= 0.6 is 22.6 Å². The number of rotatable bonds is 2. The van der Waals surface area contributed by atoms with Crippen LogP contribution in [0.15, 0.2) is 5.16 Å². The highest BCUT2D eigenvalue weighted by molar-refractivity contribution is 14.1. The third-order valence-corrected chi connectivity index (χ3v) is 1.16. The molecule has 0 aliphatic heterocycles. The molecule has 4 nitrogen and oxygen atoms in total. The lowest BCUT2D eigenvalue weighted by molar-refractivity contribution is -0.132. The normalized spacial score (nSPS) is 10.8. The Hall–Kier alpha value is -0.330. The molecular weight excluding hydrogens is 237 g/mol. The van der Waals surface area contributed by atoms with Gasteiger partial charge in [0.25, 0.3) is 0 Å². The van der Waals surface area contributed by atoms with Crippen LogP contribution in [-0.4, -0.2) is 23.9 Å². The first-order valence-electron chi connectivity index (χ1n) is 2.07. The summed E-state index contributed by atoms with van der Waals surface area (Å²) in [6.45, 7) is 0. The molecule has 0 radical (unpaired) electrons. The Morgan fingerprint density at radius 3 is 2.44 bits per heavy atom. The first-order chi connectivity index (χ1) is 4.22. The Morgan fingerprint density at radius 1 is 1.56 bits per heavy atom. The molecule has 0 saturated carbocycles. The number of hydrogen-bond donors (Lipinski definition) is 0. The van der Waals surface area contributed by atoms with Crippen LogP contribution < -0.4 is 0 Å². The van der Waals surface area contributed by atoms with Crippen LogP contribution in [0.3, 0.4) is 0 Å².